The molecule has 98 valence electrons. The Morgan fingerprint density at radius 3 is 2.00 bits per heavy atom. The van der Waals surface area contributed by atoms with Gasteiger partial charge in [0.15, 0.2) is 0 Å². The Kier molecular flexibility index (Phi) is 5.96. The summed E-state index contributed by atoms with van der Waals surface area (Å²) in [6, 6.07) is 0. The van der Waals surface area contributed by atoms with Crippen LogP contribution in [-0.4, -0.2) is 6.36 Å². The predicted octanol–water partition coefficient (Wildman–Crippen LogP) is 4.84. The van der Waals surface area contributed by atoms with Crippen LogP contribution >= 0.6 is 0 Å². The number of hydrogen-bond acceptors (Lipinski definition) is 1. The summed E-state index contributed by atoms with van der Waals surface area (Å²) in [5, 5.41) is 0. The molecular formula is C14H15F3O. The molecule has 0 radical (unpaired) electrons. The summed E-state index contributed by atoms with van der Waals surface area (Å²) in [7, 11) is 0. The monoisotopic (exact) mass is 256 g/mol. The highest BCUT2D eigenvalue weighted by molar-refractivity contribution is 5.45. The molecule has 0 amide bonds. The van der Waals surface area contributed by atoms with E-state index in [2.05, 4.69) is 31.1 Å². The number of ether oxygens (including phenoxy) is 1. The Bertz CT molecular complexity index is 423. The predicted molar refractivity (Wildman–Crippen MR) is 67.7 cm³/mol. The zero-order valence-electron chi connectivity index (χ0n) is 10.2. The number of hydrogen-bond donors (Lipinski definition) is 0. The third-order valence-corrected chi connectivity index (χ3v) is 1.73. The molecular weight excluding hydrogens is 241 g/mol. The summed E-state index contributed by atoms with van der Waals surface area (Å²) >= 11 is 0. The number of halogens is 3. The average molecular weight is 256 g/mol. The van der Waals surface area contributed by atoms with Crippen LogP contribution in [0.15, 0.2) is 73.1 Å². The summed E-state index contributed by atoms with van der Waals surface area (Å²) in [4.78, 5) is 0. The van der Waals surface area contributed by atoms with Gasteiger partial charge >= 0.3 is 6.36 Å². The lowest BCUT2D eigenvalue weighted by Crippen LogP contribution is -2.12. The zero-order chi connectivity index (χ0) is 14.3. The molecule has 4 heteroatoms. The van der Waals surface area contributed by atoms with Crippen LogP contribution in [0.4, 0.5) is 13.2 Å². The minimum absolute atomic E-state index is 0.298. The van der Waals surface area contributed by atoms with Crippen molar-refractivity contribution in [2.45, 2.75) is 13.3 Å². The maximum Gasteiger partial charge on any atom is 0.573 e. The molecule has 0 rings (SSSR count). The van der Waals surface area contributed by atoms with Crippen molar-refractivity contribution in [3.8, 4) is 0 Å². The molecule has 0 unspecified atom stereocenters. The van der Waals surface area contributed by atoms with E-state index in [4.69, 9.17) is 0 Å². The summed E-state index contributed by atoms with van der Waals surface area (Å²) in [5.74, 6) is -0.433. The van der Waals surface area contributed by atoms with E-state index in [1.54, 1.807) is 19.1 Å². The van der Waals surface area contributed by atoms with Crippen molar-refractivity contribution in [3.05, 3.63) is 73.1 Å². The number of alkyl halides is 3. The molecule has 0 N–H and O–H groups in total. The Labute approximate surface area is 105 Å². The van der Waals surface area contributed by atoms with Gasteiger partial charge < -0.3 is 4.74 Å². The quantitative estimate of drug-likeness (QED) is 0.488. The first-order valence-corrected chi connectivity index (χ1v) is 4.97. The second kappa shape index (κ2) is 6.69. The fourth-order valence-electron chi connectivity index (χ4n) is 0.878. The van der Waals surface area contributed by atoms with Crippen molar-refractivity contribution in [2.75, 3.05) is 0 Å². The van der Waals surface area contributed by atoms with E-state index in [1.807, 2.05) is 0 Å². The molecule has 1 nitrogen and oxygen atoms in total. The molecule has 0 spiro atoms. The molecule has 0 heterocycles. The molecule has 0 saturated carbocycles. The van der Waals surface area contributed by atoms with Crippen molar-refractivity contribution in [2.24, 2.45) is 0 Å². The third-order valence-electron chi connectivity index (χ3n) is 1.73. The molecule has 0 saturated heterocycles. The highest BCUT2D eigenvalue weighted by Gasteiger charge is 2.31. The molecule has 18 heavy (non-hydrogen) atoms. The number of allylic oxidation sites excluding steroid dienone is 7. The molecule has 0 aromatic carbocycles. The number of rotatable bonds is 6. The third kappa shape index (κ3) is 7.33. The Morgan fingerprint density at radius 2 is 1.61 bits per heavy atom. The first kappa shape index (κ1) is 16.0. The van der Waals surface area contributed by atoms with Gasteiger partial charge in [-0.1, -0.05) is 44.0 Å². The van der Waals surface area contributed by atoms with Gasteiger partial charge in [0.1, 0.15) is 5.76 Å². The lowest BCUT2D eigenvalue weighted by Gasteiger charge is -2.10. The highest BCUT2D eigenvalue weighted by atomic mass is 19.4. The average Bonchev–Trinajstić information content (AvgIpc) is 2.22. The normalized spacial score (nSPS) is 12.3. The van der Waals surface area contributed by atoms with E-state index >= 15 is 0 Å². The summed E-state index contributed by atoms with van der Waals surface area (Å²) in [5.41, 5.74) is 1.55. The topological polar surface area (TPSA) is 9.23 Å². The van der Waals surface area contributed by atoms with Crippen LogP contribution in [0.1, 0.15) is 6.92 Å². The Hall–Kier alpha value is -1.97. The molecule has 0 aliphatic rings. The van der Waals surface area contributed by atoms with Crippen molar-refractivity contribution < 1.29 is 17.9 Å². The van der Waals surface area contributed by atoms with Crippen molar-refractivity contribution in [3.63, 3.8) is 0 Å². The molecule has 0 aliphatic carbocycles. The Morgan fingerprint density at radius 1 is 1.06 bits per heavy atom. The van der Waals surface area contributed by atoms with Gasteiger partial charge in [0, 0.05) is 0 Å². The van der Waals surface area contributed by atoms with E-state index in [-0.39, 0.29) is 0 Å². The van der Waals surface area contributed by atoms with E-state index in [1.165, 1.54) is 0 Å². The Balaban J connectivity index is 4.83. The van der Waals surface area contributed by atoms with E-state index in [0.717, 1.165) is 17.7 Å². The minimum Gasteiger partial charge on any atom is -0.406 e. The van der Waals surface area contributed by atoms with Crippen LogP contribution in [0.5, 0.6) is 0 Å². The van der Waals surface area contributed by atoms with E-state index in [9.17, 15) is 13.2 Å². The van der Waals surface area contributed by atoms with E-state index < -0.39 is 12.1 Å². The SMILES string of the molecule is C=C/C(=C\C(=C)C(=C)/C=C\C(=C)C)OC(F)(F)F. The molecule has 0 aromatic rings. The van der Waals surface area contributed by atoms with Gasteiger partial charge in [0.05, 0.1) is 0 Å². The van der Waals surface area contributed by atoms with Crippen LogP contribution in [-0.2, 0) is 4.74 Å². The van der Waals surface area contributed by atoms with Crippen LogP contribution in [0.25, 0.3) is 0 Å². The molecule has 0 bridgehead atoms. The van der Waals surface area contributed by atoms with Crippen LogP contribution < -0.4 is 0 Å². The summed E-state index contributed by atoms with van der Waals surface area (Å²) < 4.78 is 39.8. The van der Waals surface area contributed by atoms with Crippen LogP contribution in [0.2, 0.25) is 0 Å². The fraction of sp³-hybridized carbons (Fsp3) is 0.143. The van der Waals surface area contributed by atoms with Gasteiger partial charge in [0.25, 0.3) is 0 Å². The van der Waals surface area contributed by atoms with Gasteiger partial charge in [-0.2, -0.15) is 0 Å². The lowest BCUT2D eigenvalue weighted by molar-refractivity contribution is -0.303. The van der Waals surface area contributed by atoms with Gasteiger partial charge in [-0.25, -0.2) is 0 Å². The van der Waals surface area contributed by atoms with Crippen LogP contribution in [0.3, 0.4) is 0 Å². The maximum atomic E-state index is 12.0. The van der Waals surface area contributed by atoms with Crippen molar-refractivity contribution >= 4 is 0 Å². The standard InChI is InChI=1S/C14H15F3O/c1-6-13(18-14(15,16)17)9-12(5)11(4)8-7-10(2)3/h6-9H,1-2,4-5H2,3H3/b8-7-,13-9+. The maximum absolute atomic E-state index is 12.0. The molecule has 0 aromatic heterocycles. The summed E-state index contributed by atoms with van der Waals surface area (Å²) in [6.45, 7) is 15.9. The van der Waals surface area contributed by atoms with Gasteiger partial charge in [-0.15, -0.1) is 13.2 Å². The van der Waals surface area contributed by atoms with Crippen LogP contribution in [0, 0.1) is 0 Å². The fourth-order valence-corrected chi connectivity index (χ4v) is 0.878. The zero-order valence-corrected chi connectivity index (χ0v) is 10.2. The minimum atomic E-state index is -4.75. The van der Waals surface area contributed by atoms with E-state index in [0.29, 0.717) is 11.1 Å². The first-order chi connectivity index (χ1) is 8.15. The second-order valence-corrected chi connectivity index (χ2v) is 3.53. The summed E-state index contributed by atoms with van der Waals surface area (Å²) in [6.07, 6.45) is 0.601. The first-order valence-electron chi connectivity index (χ1n) is 4.97. The van der Waals surface area contributed by atoms with Gasteiger partial charge in [-0.05, 0) is 30.2 Å². The van der Waals surface area contributed by atoms with Gasteiger partial charge in [-0.3, -0.25) is 0 Å². The lowest BCUT2D eigenvalue weighted by atomic mass is 10.1. The van der Waals surface area contributed by atoms with Crippen molar-refractivity contribution in [1.29, 1.82) is 0 Å². The molecule has 0 fully saturated rings. The second-order valence-electron chi connectivity index (χ2n) is 3.53. The van der Waals surface area contributed by atoms with Gasteiger partial charge in [0.2, 0.25) is 0 Å². The largest absolute Gasteiger partial charge is 0.573 e. The molecule has 0 aliphatic heterocycles. The van der Waals surface area contributed by atoms with Crippen molar-refractivity contribution in [1.82, 2.24) is 0 Å². The highest BCUT2D eigenvalue weighted by Crippen LogP contribution is 2.23. The smallest absolute Gasteiger partial charge is 0.406 e. The molecule has 0 atom stereocenters.